The number of aromatic nitrogens is 2. The fraction of sp³-hybridized carbons (Fsp3) is 0.133. The van der Waals surface area contributed by atoms with E-state index in [1.807, 2.05) is 12.1 Å². The number of hydrogen-bond donors (Lipinski definition) is 1. The summed E-state index contributed by atoms with van der Waals surface area (Å²) in [7, 11) is 0. The molecule has 110 valence electrons. The summed E-state index contributed by atoms with van der Waals surface area (Å²) in [6.07, 6.45) is 2.97. The van der Waals surface area contributed by atoms with E-state index in [2.05, 4.69) is 5.10 Å². The average Bonchev–Trinajstić information content (AvgIpc) is 2.90. The van der Waals surface area contributed by atoms with Crippen LogP contribution in [0.5, 0.6) is 0 Å². The molecule has 0 unspecified atom stereocenters. The quantitative estimate of drug-likeness (QED) is 0.871. The summed E-state index contributed by atoms with van der Waals surface area (Å²) in [5.41, 5.74) is 1.13. The zero-order chi connectivity index (χ0) is 16.1. The molecule has 0 fully saturated rings. The lowest BCUT2D eigenvalue weighted by Crippen LogP contribution is -2.02. The summed E-state index contributed by atoms with van der Waals surface area (Å²) in [5.74, 6) is 0. The molecule has 0 atom stereocenters. The Morgan fingerprint density at radius 2 is 2.00 bits per heavy atom. The van der Waals surface area contributed by atoms with E-state index >= 15 is 0 Å². The van der Waals surface area contributed by atoms with E-state index < -0.39 is 0 Å². The Labute approximate surface area is 137 Å². The maximum absolute atomic E-state index is 9.37. The molecule has 0 saturated heterocycles. The molecule has 1 aromatic carbocycles. The number of halogens is 2. The van der Waals surface area contributed by atoms with Crippen LogP contribution in [0, 0.1) is 22.7 Å². The zero-order valence-electron chi connectivity index (χ0n) is 11.3. The van der Waals surface area contributed by atoms with Crippen molar-refractivity contribution < 1.29 is 5.11 Å². The summed E-state index contributed by atoms with van der Waals surface area (Å²) in [6.45, 7) is 0.119. The van der Waals surface area contributed by atoms with Crippen LogP contribution in [0.25, 0.3) is 11.6 Å². The van der Waals surface area contributed by atoms with Crippen molar-refractivity contribution in [2.45, 2.75) is 6.54 Å². The summed E-state index contributed by atoms with van der Waals surface area (Å²) in [4.78, 5) is 0. The number of nitriles is 2. The summed E-state index contributed by atoms with van der Waals surface area (Å²) < 4.78 is 1.41. The second kappa shape index (κ2) is 7.11. The van der Waals surface area contributed by atoms with E-state index in [9.17, 15) is 5.26 Å². The Balaban J connectivity index is 2.56. The van der Waals surface area contributed by atoms with Gasteiger partial charge in [0.25, 0.3) is 0 Å². The molecule has 1 N–H and O–H groups in total. The number of nitrogens with zero attached hydrogens (tertiary/aromatic N) is 4. The molecule has 2 rings (SSSR count). The third-order valence-corrected chi connectivity index (χ3v) is 3.53. The Hall–Kier alpha value is -2.31. The van der Waals surface area contributed by atoms with Crippen LogP contribution < -0.4 is 0 Å². The highest BCUT2D eigenvalue weighted by molar-refractivity contribution is 6.37. The van der Waals surface area contributed by atoms with Crippen LogP contribution in [0.1, 0.15) is 16.8 Å². The van der Waals surface area contributed by atoms with Crippen molar-refractivity contribution in [1.29, 1.82) is 10.5 Å². The maximum Gasteiger partial charge on any atom is 0.121 e. The molecule has 0 bridgehead atoms. The molecule has 1 heterocycles. The van der Waals surface area contributed by atoms with E-state index in [1.165, 1.54) is 17.0 Å². The van der Waals surface area contributed by atoms with Crippen molar-refractivity contribution in [3.63, 3.8) is 0 Å². The molecule has 0 saturated carbocycles. The first-order chi connectivity index (χ1) is 10.6. The lowest BCUT2D eigenvalue weighted by atomic mass is 10.1. The van der Waals surface area contributed by atoms with Gasteiger partial charge < -0.3 is 5.11 Å². The van der Waals surface area contributed by atoms with Crippen molar-refractivity contribution in [1.82, 2.24) is 9.78 Å². The average molecular weight is 333 g/mol. The molecule has 0 aliphatic carbocycles. The summed E-state index contributed by atoms with van der Waals surface area (Å²) in [6, 6.07) is 9.00. The predicted molar refractivity (Wildman–Crippen MR) is 84.0 cm³/mol. The predicted octanol–water partition coefficient (Wildman–Crippen LogP) is 3.12. The second-order valence-electron chi connectivity index (χ2n) is 4.30. The molecular formula is C15H10Cl2N4O. The minimum atomic E-state index is -0.117. The highest BCUT2D eigenvalue weighted by atomic mass is 35.5. The number of rotatable bonds is 4. The van der Waals surface area contributed by atoms with Gasteiger partial charge >= 0.3 is 0 Å². The Kier molecular flexibility index (Phi) is 5.19. The third kappa shape index (κ3) is 3.29. The molecule has 22 heavy (non-hydrogen) atoms. The van der Waals surface area contributed by atoms with Crippen molar-refractivity contribution >= 4 is 34.9 Å². The van der Waals surface area contributed by atoms with Crippen LogP contribution in [0.3, 0.4) is 0 Å². The van der Waals surface area contributed by atoms with Gasteiger partial charge in [0.2, 0.25) is 0 Å². The topological polar surface area (TPSA) is 85.6 Å². The highest BCUT2D eigenvalue weighted by Gasteiger charge is 2.15. The highest BCUT2D eigenvalue weighted by Crippen LogP contribution is 2.29. The van der Waals surface area contributed by atoms with Gasteiger partial charge in [-0.25, -0.2) is 0 Å². The van der Waals surface area contributed by atoms with Gasteiger partial charge in [0.05, 0.1) is 24.3 Å². The van der Waals surface area contributed by atoms with E-state index in [-0.39, 0.29) is 30.0 Å². The van der Waals surface area contributed by atoms with Gasteiger partial charge in [-0.1, -0.05) is 29.3 Å². The number of aliphatic hydroxyl groups is 1. The van der Waals surface area contributed by atoms with Crippen molar-refractivity contribution in [2.75, 3.05) is 6.61 Å². The Morgan fingerprint density at radius 3 is 2.55 bits per heavy atom. The normalized spacial score (nSPS) is 11.0. The van der Waals surface area contributed by atoms with Gasteiger partial charge in [0.15, 0.2) is 0 Å². The van der Waals surface area contributed by atoms with Crippen LogP contribution in [0.15, 0.2) is 24.4 Å². The number of hydrogen-bond acceptors (Lipinski definition) is 4. The number of benzene rings is 1. The SMILES string of the molecule is N#CC(=Cc1c(Cl)cccc1Cl)c1nn(CCO)cc1C#N. The first-order valence-corrected chi connectivity index (χ1v) is 7.01. The molecule has 0 radical (unpaired) electrons. The maximum atomic E-state index is 9.37. The van der Waals surface area contributed by atoms with Gasteiger partial charge in [-0.3, -0.25) is 4.68 Å². The first kappa shape index (κ1) is 16.1. The monoisotopic (exact) mass is 332 g/mol. The molecule has 1 aromatic heterocycles. The smallest absolute Gasteiger partial charge is 0.121 e. The standard InChI is InChI=1S/C15H10Cl2N4O/c16-13-2-1-3-14(17)12(13)6-10(7-18)15-11(8-19)9-21(20-15)4-5-22/h1-3,6,9,22H,4-5H2. The Bertz CT molecular complexity index is 792. The van der Waals surface area contributed by atoms with Gasteiger partial charge in [0.1, 0.15) is 17.8 Å². The van der Waals surface area contributed by atoms with Crippen LogP contribution in [-0.4, -0.2) is 21.5 Å². The molecule has 7 heteroatoms. The molecule has 0 amide bonds. The van der Waals surface area contributed by atoms with Crippen molar-refractivity contribution in [2.24, 2.45) is 0 Å². The molecule has 0 spiro atoms. The lowest BCUT2D eigenvalue weighted by molar-refractivity contribution is 0.269. The van der Waals surface area contributed by atoms with Crippen molar-refractivity contribution in [3.8, 4) is 12.1 Å². The number of allylic oxidation sites excluding steroid dienone is 1. The van der Waals surface area contributed by atoms with Gasteiger partial charge in [-0.2, -0.15) is 15.6 Å². The molecule has 0 aliphatic rings. The van der Waals surface area contributed by atoms with Crippen LogP contribution in [0.2, 0.25) is 10.0 Å². The lowest BCUT2D eigenvalue weighted by Gasteiger charge is -2.02. The molecular weight excluding hydrogens is 323 g/mol. The minimum absolute atomic E-state index is 0.117. The summed E-state index contributed by atoms with van der Waals surface area (Å²) >= 11 is 12.2. The fourth-order valence-corrected chi connectivity index (χ4v) is 2.37. The number of aliphatic hydroxyl groups excluding tert-OH is 1. The molecule has 2 aromatic rings. The third-order valence-electron chi connectivity index (χ3n) is 2.88. The van der Waals surface area contributed by atoms with Gasteiger partial charge in [0, 0.05) is 21.8 Å². The van der Waals surface area contributed by atoms with Gasteiger partial charge in [-0.15, -0.1) is 0 Å². The van der Waals surface area contributed by atoms with Gasteiger partial charge in [-0.05, 0) is 18.2 Å². The van der Waals surface area contributed by atoms with E-state index in [0.717, 1.165) is 0 Å². The van der Waals surface area contributed by atoms with E-state index in [0.29, 0.717) is 15.6 Å². The van der Waals surface area contributed by atoms with E-state index in [1.54, 1.807) is 18.2 Å². The van der Waals surface area contributed by atoms with Crippen molar-refractivity contribution in [3.05, 3.63) is 51.3 Å². The molecule has 0 aliphatic heterocycles. The fourth-order valence-electron chi connectivity index (χ4n) is 1.87. The van der Waals surface area contributed by atoms with Crippen LogP contribution in [0.4, 0.5) is 0 Å². The Morgan fingerprint density at radius 1 is 1.32 bits per heavy atom. The minimum Gasteiger partial charge on any atom is -0.394 e. The zero-order valence-corrected chi connectivity index (χ0v) is 12.8. The van der Waals surface area contributed by atoms with Crippen LogP contribution in [-0.2, 0) is 6.54 Å². The first-order valence-electron chi connectivity index (χ1n) is 6.25. The molecule has 5 nitrogen and oxygen atoms in total. The largest absolute Gasteiger partial charge is 0.394 e. The van der Waals surface area contributed by atoms with Crippen LogP contribution >= 0.6 is 23.2 Å². The summed E-state index contributed by atoms with van der Waals surface area (Å²) in [5, 5.41) is 32.4. The van der Waals surface area contributed by atoms with E-state index in [4.69, 9.17) is 33.6 Å². The second-order valence-corrected chi connectivity index (χ2v) is 5.11.